The van der Waals surface area contributed by atoms with Gasteiger partial charge in [0, 0.05) is 58.0 Å². The first-order chi connectivity index (χ1) is 15.0. The SMILES string of the molecule is CN=C(NCc1ccc(N2CCC(C)CC2)cc1)NC1CCN(CCOC(C)C)CC1.I. The third kappa shape index (κ3) is 9.06. The van der Waals surface area contributed by atoms with E-state index in [2.05, 4.69) is 70.5 Å². The monoisotopic (exact) mass is 557 g/mol. The standard InChI is InChI=1S/C25H43N5O.HI/c1-20(2)31-18-17-29-13-11-23(12-14-29)28-25(26-4)27-19-22-5-7-24(8-6-22)30-15-9-21(3)10-16-30;/h5-8,20-21,23H,9-19H2,1-4H3,(H2,26,27,28);1H. The van der Waals surface area contributed by atoms with Gasteiger partial charge < -0.3 is 25.2 Å². The number of hydrogen-bond acceptors (Lipinski definition) is 4. The van der Waals surface area contributed by atoms with E-state index < -0.39 is 0 Å². The minimum Gasteiger partial charge on any atom is -0.377 e. The first-order valence-corrected chi connectivity index (χ1v) is 12.2. The lowest BCUT2D eigenvalue weighted by atomic mass is 9.99. The molecule has 0 aliphatic carbocycles. The van der Waals surface area contributed by atoms with Gasteiger partial charge in [0.15, 0.2) is 5.96 Å². The summed E-state index contributed by atoms with van der Waals surface area (Å²) in [5.41, 5.74) is 2.64. The number of halogens is 1. The van der Waals surface area contributed by atoms with Gasteiger partial charge in [-0.15, -0.1) is 24.0 Å². The number of rotatable bonds is 8. The molecule has 2 aliphatic heterocycles. The summed E-state index contributed by atoms with van der Waals surface area (Å²) in [5, 5.41) is 7.10. The van der Waals surface area contributed by atoms with Crippen molar-refractivity contribution >= 4 is 35.6 Å². The number of aliphatic imine (C=N–C) groups is 1. The fourth-order valence-corrected chi connectivity index (χ4v) is 4.38. The first-order valence-electron chi connectivity index (χ1n) is 12.2. The van der Waals surface area contributed by atoms with Gasteiger partial charge in [0.2, 0.25) is 0 Å². The van der Waals surface area contributed by atoms with Crippen molar-refractivity contribution in [1.29, 1.82) is 0 Å². The number of nitrogens with one attached hydrogen (secondary N) is 2. The van der Waals surface area contributed by atoms with E-state index in [1.807, 2.05) is 7.05 Å². The Morgan fingerprint density at radius 3 is 2.31 bits per heavy atom. The summed E-state index contributed by atoms with van der Waals surface area (Å²) >= 11 is 0. The minimum atomic E-state index is 0. The molecule has 7 heteroatoms. The molecular weight excluding hydrogens is 513 g/mol. The molecule has 3 rings (SSSR count). The highest BCUT2D eigenvalue weighted by molar-refractivity contribution is 14.0. The van der Waals surface area contributed by atoms with Crippen LogP contribution in [-0.2, 0) is 11.3 Å². The van der Waals surface area contributed by atoms with Crippen molar-refractivity contribution in [3.63, 3.8) is 0 Å². The minimum absolute atomic E-state index is 0. The average Bonchev–Trinajstić information content (AvgIpc) is 2.78. The van der Waals surface area contributed by atoms with Gasteiger partial charge in [-0.05, 0) is 63.1 Å². The lowest BCUT2D eigenvalue weighted by Crippen LogP contribution is -2.49. The fourth-order valence-electron chi connectivity index (χ4n) is 4.38. The zero-order valence-electron chi connectivity index (χ0n) is 20.5. The van der Waals surface area contributed by atoms with E-state index in [4.69, 9.17) is 4.74 Å². The number of piperidine rings is 2. The Kier molecular flexibility index (Phi) is 12.1. The number of nitrogens with zero attached hydrogens (tertiary/aromatic N) is 3. The van der Waals surface area contributed by atoms with Crippen LogP contribution < -0.4 is 15.5 Å². The molecule has 2 heterocycles. The van der Waals surface area contributed by atoms with Gasteiger partial charge in [-0.3, -0.25) is 4.99 Å². The molecule has 0 radical (unpaired) electrons. The zero-order chi connectivity index (χ0) is 22.1. The molecule has 0 bridgehead atoms. The van der Waals surface area contributed by atoms with E-state index in [0.29, 0.717) is 12.1 Å². The van der Waals surface area contributed by atoms with E-state index in [1.54, 1.807) is 0 Å². The third-order valence-corrected chi connectivity index (χ3v) is 6.56. The summed E-state index contributed by atoms with van der Waals surface area (Å²) in [7, 11) is 1.86. The lowest BCUT2D eigenvalue weighted by molar-refractivity contribution is 0.0532. The average molecular weight is 558 g/mol. The predicted molar refractivity (Wildman–Crippen MR) is 146 cm³/mol. The third-order valence-electron chi connectivity index (χ3n) is 6.56. The molecule has 0 atom stereocenters. The van der Waals surface area contributed by atoms with Crippen molar-refractivity contribution in [3.8, 4) is 0 Å². The second-order valence-corrected chi connectivity index (χ2v) is 9.44. The summed E-state index contributed by atoms with van der Waals surface area (Å²) in [6, 6.07) is 9.50. The van der Waals surface area contributed by atoms with Crippen molar-refractivity contribution in [3.05, 3.63) is 29.8 Å². The van der Waals surface area contributed by atoms with Crippen molar-refractivity contribution in [1.82, 2.24) is 15.5 Å². The van der Waals surface area contributed by atoms with Crippen LogP contribution in [0.3, 0.4) is 0 Å². The number of benzene rings is 1. The Morgan fingerprint density at radius 2 is 1.72 bits per heavy atom. The van der Waals surface area contributed by atoms with Crippen LogP contribution in [0.5, 0.6) is 0 Å². The summed E-state index contributed by atoms with van der Waals surface area (Å²) in [6.45, 7) is 13.8. The molecule has 2 aliphatic rings. The van der Waals surface area contributed by atoms with E-state index >= 15 is 0 Å². The Morgan fingerprint density at radius 1 is 1.06 bits per heavy atom. The van der Waals surface area contributed by atoms with Crippen molar-refractivity contribution in [2.24, 2.45) is 10.9 Å². The summed E-state index contributed by atoms with van der Waals surface area (Å²) in [6.07, 6.45) is 5.21. The zero-order valence-corrected chi connectivity index (χ0v) is 22.8. The van der Waals surface area contributed by atoms with E-state index in [-0.39, 0.29) is 24.0 Å². The van der Waals surface area contributed by atoms with Crippen LogP contribution in [0.25, 0.3) is 0 Å². The van der Waals surface area contributed by atoms with Crippen LogP contribution >= 0.6 is 24.0 Å². The predicted octanol–water partition coefficient (Wildman–Crippen LogP) is 4.10. The van der Waals surface area contributed by atoms with Gasteiger partial charge in [0.05, 0.1) is 12.7 Å². The summed E-state index contributed by atoms with van der Waals surface area (Å²) in [5.74, 6) is 1.76. The highest BCUT2D eigenvalue weighted by atomic mass is 127. The maximum absolute atomic E-state index is 5.68. The number of guanidine groups is 1. The molecule has 182 valence electrons. The number of hydrogen-bond donors (Lipinski definition) is 2. The smallest absolute Gasteiger partial charge is 0.191 e. The second kappa shape index (κ2) is 14.3. The molecule has 0 unspecified atom stereocenters. The largest absolute Gasteiger partial charge is 0.377 e. The molecule has 2 N–H and O–H groups in total. The normalized spacial score (nSPS) is 19.2. The molecule has 0 aromatic heterocycles. The van der Waals surface area contributed by atoms with Gasteiger partial charge in [0.1, 0.15) is 0 Å². The van der Waals surface area contributed by atoms with Crippen LogP contribution in [0, 0.1) is 5.92 Å². The molecule has 1 aromatic carbocycles. The van der Waals surface area contributed by atoms with E-state index in [1.165, 1.54) is 37.2 Å². The van der Waals surface area contributed by atoms with Gasteiger partial charge in [-0.25, -0.2) is 0 Å². The van der Waals surface area contributed by atoms with Crippen LogP contribution in [0.15, 0.2) is 29.3 Å². The number of ether oxygens (including phenoxy) is 1. The Labute approximate surface area is 212 Å². The highest BCUT2D eigenvalue weighted by Crippen LogP contribution is 2.23. The van der Waals surface area contributed by atoms with Gasteiger partial charge in [-0.1, -0.05) is 19.1 Å². The summed E-state index contributed by atoms with van der Waals surface area (Å²) in [4.78, 5) is 9.45. The molecule has 2 saturated heterocycles. The Balaban J connectivity index is 0.00000363. The quantitative estimate of drug-likeness (QED) is 0.287. The second-order valence-electron chi connectivity index (χ2n) is 9.44. The number of likely N-dealkylation sites (tertiary alicyclic amines) is 1. The van der Waals surface area contributed by atoms with Crippen LogP contribution in [0.4, 0.5) is 5.69 Å². The van der Waals surface area contributed by atoms with Crippen molar-refractivity contribution in [2.75, 3.05) is 51.3 Å². The Hall–Kier alpha value is -1.06. The summed E-state index contributed by atoms with van der Waals surface area (Å²) < 4.78 is 5.68. The molecule has 0 amide bonds. The molecule has 6 nitrogen and oxygen atoms in total. The molecule has 1 aromatic rings. The molecular formula is C25H44IN5O. The molecule has 0 saturated carbocycles. The van der Waals surface area contributed by atoms with Crippen molar-refractivity contribution in [2.45, 2.75) is 65.1 Å². The highest BCUT2D eigenvalue weighted by Gasteiger charge is 2.20. The van der Waals surface area contributed by atoms with E-state index in [0.717, 1.165) is 57.5 Å². The van der Waals surface area contributed by atoms with Gasteiger partial charge in [0.25, 0.3) is 0 Å². The van der Waals surface area contributed by atoms with Crippen LogP contribution in [0.2, 0.25) is 0 Å². The molecule has 2 fully saturated rings. The topological polar surface area (TPSA) is 52.1 Å². The molecule has 0 spiro atoms. The fraction of sp³-hybridized carbons (Fsp3) is 0.720. The van der Waals surface area contributed by atoms with Crippen LogP contribution in [0.1, 0.15) is 52.0 Å². The maximum atomic E-state index is 5.68. The first kappa shape index (κ1) is 27.2. The lowest BCUT2D eigenvalue weighted by Gasteiger charge is -2.33. The number of anilines is 1. The van der Waals surface area contributed by atoms with Crippen molar-refractivity contribution < 1.29 is 4.74 Å². The van der Waals surface area contributed by atoms with Crippen LogP contribution in [-0.4, -0.2) is 69.4 Å². The maximum Gasteiger partial charge on any atom is 0.191 e. The van der Waals surface area contributed by atoms with E-state index in [9.17, 15) is 0 Å². The molecule has 32 heavy (non-hydrogen) atoms. The van der Waals surface area contributed by atoms with Gasteiger partial charge in [-0.2, -0.15) is 0 Å². The van der Waals surface area contributed by atoms with Gasteiger partial charge >= 0.3 is 0 Å². The Bertz CT molecular complexity index is 665.